The lowest BCUT2D eigenvalue weighted by Crippen LogP contribution is -2.55. The van der Waals surface area contributed by atoms with Gasteiger partial charge in [0.05, 0.1) is 6.20 Å². The Morgan fingerprint density at radius 2 is 1.88 bits per heavy atom. The molecule has 1 atom stereocenters. The standard InChI is InChI=1S/C18H27N5O2/c1-14(24)23-10-4-3-5-16(23)18(25)21(2)15-6-11-22(12-7-15)17-13-19-8-9-20-17/h8-9,13,15-16H,3-7,10-12H2,1-2H3. The fourth-order valence-electron chi connectivity index (χ4n) is 3.92. The Morgan fingerprint density at radius 3 is 2.52 bits per heavy atom. The molecule has 0 aliphatic carbocycles. The number of amides is 2. The Hall–Kier alpha value is -2.18. The summed E-state index contributed by atoms with van der Waals surface area (Å²) >= 11 is 0. The SMILES string of the molecule is CC(=O)N1CCCCC1C(=O)N(C)C1CCN(c2cnccn2)CC1. The van der Waals surface area contributed by atoms with Gasteiger partial charge in [0.2, 0.25) is 11.8 Å². The van der Waals surface area contributed by atoms with Crippen LogP contribution in [0.25, 0.3) is 0 Å². The predicted octanol–water partition coefficient (Wildman–Crippen LogP) is 1.30. The van der Waals surface area contributed by atoms with E-state index in [1.807, 2.05) is 11.9 Å². The van der Waals surface area contributed by atoms with Crippen molar-refractivity contribution in [2.24, 2.45) is 0 Å². The van der Waals surface area contributed by atoms with E-state index in [1.54, 1.807) is 30.4 Å². The topological polar surface area (TPSA) is 69.6 Å². The van der Waals surface area contributed by atoms with Gasteiger partial charge in [-0.25, -0.2) is 4.98 Å². The van der Waals surface area contributed by atoms with Crippen LogP contribution in [0.5, 0.6) is 0 Å². The van der Waals surface area contributed by atoms with E-state index in [1.165, 1.54) is 0 Å². The van der Waals surface area contributed by atoms with Crippen molar-refractivity contribution < 1.29 is 9.59 Å². The molecule has 1 aromatic heterocycles. The summed E-state index contributed by atoms with van der Waals surface area (Å²) in [6.07, 6.45) is 9.76. The molecule has 7 heteroatoms. The maximum absolute atomic E-state index is 13.0. The molecule has 0 spiro atoms. The van der Waals surface area contributed by atoms with Crippen molar-refractivity contribution in [3.8, 4) is 0 Å². The van der Waals surface area contributed by atoms with E-state index in [9.17, 15) is 9.59 Å². The van der Waals surface area contributed by atoms with Crippen molar-refractivity contribution >= 4 is 17.6 Å². The van der Waals surface area contributed by atoms with Gasteiger partial charge < -0.3 is 14.7 Å². The molecule has 1 unspecified atom stereocenters. The molecule has 3 rings (SSSR count). The maximum Gasteiger partial charge on any atom is 0.245 e. The van der Waals surface area contributed by atoms with Crippen LogP contribution in [0.3, 0.4) is 0 Å². The Balaban J connectivity index is 1.59. The van der Waals surface area contributed by atoms with Crippen molar-refractivity contribution in [2.75, 3.05) is 31.6 Å². The van der Waals surface area contributed by atoms with E-state index < -0.39 is 0 Å². The van der Waals surface area contributed by atoms with Crippen LogP contribution in [0.4, 0.5) is 5.82 Å². The second-order valence-electron chi connectivity index (χ2n) is 6.95. The molecule has 0 aromatic carbocycles. The van der Waals surface area contributed by atoms with E-state index in [-0.39, 0.29) is 23.9 Å². The van der Waals surface area contributed by atoms with Gasteiger partial charge >= 0.3 is 0 Å². The number of anilines is 1. The number of carbonyl (C=O) groups excluding carboxylic acids is 2. The number of hydrogen-bond donors (Lipinski definition) is 0. The summed E-state index contributed by atoms with van der Waals surface area (Å²) in [5.74, 6) is 0.988. The molecule has 1 aromatic rings. The molecule has 2 aliphatic heterocycles. The summed E-state index contributed by atoms with van der Waals surface area (Å²) in [5.41, 5.74) is 0. The first-order valence-electron chi connectivity index (χ1n) is 9.12. The zero-order chi connectivity index (χ0) is 17.8. The van der Waals surface area contributed by atoms with Gasteiger partial charge in [-0.3, -0.25) is 14.6 Å². The number of nitrogens with zero attached hydrogens (tertiary/aromatic N) is 5. The zero-order valence-corrected chi connectivity index (χ0v) is 15.1. The number of rotatable bonds is 3. The van der Waals surface area contributed by atoms with Crippen LogP contribution in [0, 0.1) is 0 Å². The molecule has 2 amide bonds. The lowest BCUT2D eigenvalue weighted by atomic mass is 9.98. The molecule has 0 radical (unpaired) electrons. The first kappa shape index (κ1) is 17.6. The normalized spacial score (nSPS) is 21.9. The summed E-state index contributed by atoms with van der Waals surface area (Å²) in [6.45, 7) is 3.99. The minimum absolute atomic E-state index is 0.00363. The number of likely N-dealkylation sites (N-methyl/N-ethyl adjacent to an activating group) is 1. The molecule has 0 saturated carbocycles. The van der Waals surface area contributed by atoms with Gasteiger partial charge in [-0.2, -0.15) is 0 Å². The molecule has 7 nitrogen and oxygen atoms in total. The second-order valence-corrected chi connectivity index (χ2v) is 6.95. The van der Waals surface area contributed by atoms with Gasteiger partial charge in [0, 0.05) is 52.0 Å². The summed E-state index contributed by atoms with van der Waals surface area (Å²) in [4.78, 5) is 39.1. The molecule has 3 heterocycles. The molecule has 2 fully saturated rings. The lowest BCUT2D eigenvalue weighted by molar-refractivity contribution is -0.147. The number of carbonyl (C=O) groups is 2. The average molecular weight is 345 g/mol. The van der Waals surface area contributed by atoms with E-state index in [0.29, 0.717) is 6.54 Å². The molecule has 136 valence electrons. The van der Waals surface area contributed by atoms with E-state index in [4.69, 9.17) is 0 Å². The fraction of sp³-hybridized carbons (Fsp3) is 0.667. The van der Waals surface area contributed by atoms with Gasteiger partial charge in [0.1, 0.15) is 11.9 Å². The third-order valence-electron chi connectivity index (χ3n) is 5.43. The van der Waals surface area contributed by atoms with Crippen LogP contribution < -0.4 is 4.90 Å². The Kier molecular flexibility index (Phi) is 5.50. The Morgan fingerprint density at radius 1 is 1.12 bits per heavy atom. The highest BCUT2D eigenvalue weighted by Crippen LogP contribution is 2.23. The third-order valence-corrected chi connectivity index (χ3v) is 5.43. The van der Waals surface area contributed by atoms with Crippen molar-refractivity contribution in [2.45, 2.75) is 51.1 Å². The van der Waals surface area contributed by atoms with Gasteiger partial charge in [-0.15, -0.1) is 0 Å². The molecule has 25 heavy (non-hydrogen) atoms. The maximum atomic E-state index is 13.0. The van der Waals surface area contributed by atoms with Crippen molar-refractivity contribution in [1.82, 2.24) is 19.8 Å². The number of piperidine rings is 2. The number of likely N-dealkylation sites (tertiary alicyclic amines) is 1. The monoisotopic (exact) mass is 345 g/mol. The molecular formula is C18H27N5O2. The van der Waals surface area contributed by atoms with Crippen molar-refractivity contribution in [3.63, 3.8) is 0 Å². The quantitative estimate of drug-likeness (QED) is 0.826. The first-order valence-corrected chi connectivity index (χ1v) is 9.12. The molecule has 0 bridgehead atoms. The highest BCUT2D eigenvalue weighted by molar-refractivity contribution is 5.87. The van der Waals surface area contributed by atoms with Crippen molar-refractivity contribution in [1.29, 1.82) is 0 Å². The minimum atomic E-state index is -0.283. The smallest absolute Gasteiger partial charge is 0.245 e. The summed E-state index contributed by atoms with van der Waals surface area (Å²) in [6, 6.07) is -0.0644. The van der Waals surface area contributed by atoms with E-state index >= 15 is 0 Å². The zero-order valence-electron chi connectivity index (χ0n) is 15.1. The Bertz CT molecular complexity index is 601. The van der Waals surface area contributed by atoms with Crippen molar-refractivity contribution in [3.05, 3.63) is 18.6 Å². The van der Waals surface area contributed by atoms with Gasteiger partial charge in [0.15, 0.2) is 0 Å². The van der Waals surface area contributed by atoms with Crippen LogP contribution in [0.1, 0.15) is 39.0 Å². The van der Waals surface area contributed by atoms with Gasteiger partial charge in [0.25, 0.3) is 0 Å². The highest BCUT2D eigenvalue weighted by atomic mass is 16.2. The summed E-state index contributed by atoms with van der Waals surface area (Å²) < 4.78 is 0. The van der Waals surface area contributed by atoms with Gasteiger partial charge in [-0.05, 0) is 32.1 Å². The van der Waals surface area contributed by atoms with Crippen LogP contribution in [0.2, 0.25) is 0 Å². The van der Waals surface area contributed by atoms with Gasteiger partial charge in [-0.1, -0.05) is 0 Å². The van der Waals surface area contributed by atoms with Crippen LogP contribution in [0.15, 0.2) is 18.6 Å². The summed E-state index contributed by atoms with van der Waals surface area (Å²) in [7, 11) is 1.89. The van der Waals surface area contributed by atoms with E-state index in [0.717, 1.165) is 51.0 Å². The van der Waals surface area contributed by atoms with Crippen LogP contribution >= 0.6 is 0 Å². The molecule has 2 aliphatic rings. The first-order chi connectivity index (χ1) is 12.1. The number of hydrogen-bond acceptors (Lipinski definition) is 5. The fourth-order valence-corrected chi connectivity index (χ4v) is 3.92. The van der Waals surface area contributed by atoms with Crippen LogP contribution in [-0.2, 0) is 9.59 Å². The predicted molar refractivity (Wildman–Crippen MR) is 95.1 cm³/mol. The second kappa shape index (κ2) is 7.80. The minimum Gasteiger partial charge on any atom is -0.355 e. The summed E-state index contributed by atoms with van der Waals surface area (Å²) in [5, 5.41) is 0. The number of aromatic nitrogens is 2. The lowest BCUT2D eigenvalue weighted by Gasteiger charge is -2.41. The molecular weight excluding hydrogens is 318 g/mol. The largest absolute Gasteiger partial charge is 0.355 e. The molecule has 2 saturated heterocycles. The highest BCUT2D eigenvalue weighted by Gasteiger charge is 2.35. The Labute approximate surface area is 149 Å². The van der Waals surface area contributed by atoms with Crippen LogP contribution in [-0.4, -0.2) is 70.3 Å². The molecule has 0 N–H and O–H groups in total. The third kappa shape index (κ3) is 3.91. The van der Waals surface area contributed by atoms with E-state index in [2.05, 4.69) is 14.9 Å². The average Bonchev–Trinajstić information content (AvgIpc) is 2.67.